The van der Waals surface area contributed by atoms with Crippen molar-refractivity contribution in [2.75, 3.05) is 5.73 Å². The Kier molecular flexibility index (Phi) is 7.01. The average molecular weight is 704 g/mol. The topological polar surface area (TPSA) is 69.6 Å². The Morgan fingerprint density at radius 1 is 0.436 bits per heavy atom. The van der Waals surface area contributed by atoms with E-state index in [9.17, 15) is 0 Å². The molecule has 5 nitrogen and oxygen atoms in total. The SMILES string of the molecule is Nc1cc(-c2nc(-c3ccccc3)nc(-c3ccccc3)n2)ccc1[C@@H]1c2ccccc2-c2ccc3c(c21)c1ccccc1n3-c1cccc2ccccc12. The number of rotatable bonds is 5. The first kappa shape index (κ1) is 31.2. The van der Waals surface area contributed by atoms with Crippen molar-refractivity contribution in [3.05, 3.63) is 199 Å². The highest BCUT2D eigenvalue weighted by Gasteiger charge is 2.34. The van der Waals surface area contributed by atoms with E-state index in [0.29, 0.717) is 23.2 Å². The molecule has 0 amide bonds. The molecule has 8 aromatic carbocycles. The minimum absolute atomic E-state index is 0.0751. The summed E-state index contributed by atoms with van der Waals surface area (Å²) in [5, 5.41) is 4.91. The second-order valence-corrected chi connectivity index (χ2v) is 14.2. The minimum Gasteiger partial charge on any atom is -0.398 e. The molecule has 2 aromatic heterocycles. The van der Waals surface area contributed by atoms with E-state index in [1.807, 2.05) is 66.7 Å². The summed E-state index contributed by atoms with van der Waals surface area (Å²) in [6, 6.07) is 63.8. The highest BCUT2D eigenvalue weighted by molar-refractivity contribution is 6.15. The molecule has 0 radical (unpaired) electrons. The van der Waals surface area contributed by atoms with Crippen LogP contribution in [-0.4, -0.2) is 19.5 Å². The zero-order chi connectivity index (χ0) is 36.5. The molecular weight excluding hydrogens is 671 g/mol. The fourth-order valence-electron chi connectivity index (χ4n) is 8.67. The Labute approximate surface area is 318 Å². The van der Waals surface area contributed by atoms with Crippen LogP contribution in [0.2, 0.25) is 0 Å². The number of para-hydroxylation sites is 1. The first-order valence-electron chi connectivity index (χ1n) is 18.6. The molecule has 258 valence electrons. The quantitative estimate of drug-likeness (QED) is 0.181. The van der Waals surface area contributed by atoms with Crippen LogP contribution < -0.4 is 5.73 Å². The van der Waals surface area contributed by atoms with E-state index in [1.54, 1.807) is 0 Å². The van der Waals surface area contributed by atoms with Gasteiger partial charge in [0.1, 0.15) is 0 Å². The molecule has 0 saturated carbocycles. The standard InChI is InChI=1S/C50H33N5/c51-41-30-34(50-53-48(32-15-3-1-4-16-32)52-49(54-50)33-17-5-2-6-18-33)26-27-39(41)45-37-22-10-9-21-36(37)38-28-29-44-46(47(38)45)40-23-11-12-24-43(40)55(44)42-25-13-19-31-14-7-8-20-35(31)42/h1-30,45H,51H2/t45-/m0/s1. The van der Waals surface area contributed by atoms with Crippen LogP contribution in [0.3, 0.4) is 0 Å². The maximum Gasteiger partial charge on any atom is 0.164 e. The summed E-state index contributed by atoms with van der Waals surface area (Å²) in [7, 11) is 0. The maximum absolute atomic E-state index is 7.19. The molecule has 11 rings (SSSR count). The van der Waals surface area contributed by atoms with Gasteiger partial charge in [-0.1, -0.05) is 158 Å². The predicted octanol–water partition coefficient (Wildman–Crippen LogP) is 11.9. The summed E-state index contributed by atoms with van der Waals surface area (Å²) >= 11 is 0. The summed E-state index contributed by atoms with van der Waals surface area (Å²) < 4.78 is 2.44. The van der Waals surface area contributed by atoms with Gasteiger partial charge in [-0.3, -0.25) is 0 Å². The van der Waals surface area contributed by atoms with E-state index in [-0.39, 0.29) is 5.92 Å². The fourth-order valence-corrected chi connectivity index (χ4v) is 8.67. The zero-order valence-electron chi connectivity index (χ0n) is 29.8. The lowest BCUT2D eigenvalue weighted by molar-refractivity contribution is 1.03. The Bertz CT molecular complexity index is 3050. The van der Waals surface area contributed by atoms with Gasteiger partial charge in [-0.25, -0.2) is 15.0 Å². The molecule has 1 atom stereocenters. The lowest BCUT2D eigenvalue weighted by atomic mass is 9.85. The van der Waals surface area contributed by atoms with Crippen LogP contribution in [0.4, 0.5) is 5.69 Å². The highest BCUT2D eigenvalue weighted by atomic mass is 15.0. The number of fused-ring (bicyclic) bond motifs is 8. The number of aromatic nitrogens is 4. The van der Waals surface area contributed by atoms with Crippen molar-refractivity contribution in [3.8, 4) is 51.0 Å². The van der Waals surface area contributed by atoms with Crippen LogP contribution in [0.1, 0.15) is 22.6 Å². The molecule has 0 unspecified atom stereocenters. The van der Waals surface area contributed by atoms with Gasteiger partial charge in [0.05, 0.1) is 16.7 Å². The van der Waals surface area contributed by atoms with Crippen molar-refractivity contribution in [2.45, 2.75) is 5.92 Å². The number of nitrogens with zero attached hydrogens (tertiary/aromatic N) is 4. The third kappa shape index (κ3) is 4.90. The Hall–Kier alpha value is -7.37. The monoisotopic (exact) mass is 703 g/mol. The summed E-state index contributed by atoms with van der Waals surface area (Å²) in [4.78, 5) is 14.9. The first-order chi connectivity index (χ1) is 27.2. The van der Waals surface area contributed by atoms with Gasteiger partial charge in [-0.05, 0) is 57.5 Å². The smallest absolute Gasteiger partial charge is 0.164 e. The second kappa shape index (κ2) is 12.4. The number of nitrogen functional groups attached to an aromatic ring is 1. The van der Waals surface area contributed by atoms with E-state index in [2.05, 4.69) is 120 Å². The lowest BCUT2D eigenvalue weighted by Gasteiger charge is -2.19. The molecule has 5 heteroatoms. The van der Waals surface area contributed by atoms with E-state index >= 15 is 0 Å². The largest absolute Gasteiger partial charge is 0.398 e. The molecule has 1 aliphatic carbocycles. The van der Waals surface area contributed by atoms with Gasteiger partial charge in [-0.15, -0.1) is 0 Å². The molecule has 10 aromatic rings. The number of hydrogen-bond acceptors (Lipinski definition) is 4. The van der Waals surface area contributed by atoms with Crippen molar-refractivity contribution < 1.29 is 0 Å². The maximum atomic E-state index is 7.19. The molecular formula is C50H33N5. The normalized spacial score (nSPS) is 13.3. The number of benzene rings is 8. The third-order valence-electron chi connectivity index (χ3n) is 11.1. The summed E-state index contributed by atoms with van der Waals surface area (Å²) in [6.45, 7) is 0. The summed E-state index contributed by atoms with van der Waals surface area (Å²) in [5.74, 6) is 1.75. The van der Waals surface area contributed by atoms with Crippen molar-refractivity contribution in [1.82, 2.24) is 19.5 Å². The Balaban J connectivity index is 1.12. The lowest BCUT2D eigenvalue weighted by Crippen LogP contribution is -2.05. The van der Waals surface area contributed by atoms with Gasteiger partial charge < -0.3 is 10.3 Å². The van der Waals surface area contributed by atoms with Gasteiger partial charge in [0.15, 0.2) is 17.5 Å². The van der Waals surface area contributed by atoms with Crippen LogP contribution in [0.5, 0.6) is 0 Å². The minimum atomic E-state index is -0.0751. The van der Waals surface area contributed by atoms with Crippen molar-refractivity contribution in [3.63, 3.8) is 0 Å². The predicted molar refractivity (Wildman–Crippen MR) is 225 cm³/mol. The molecule has 0 saturated heterocycles. The highest BCUT2D eigenvalue weighted by Crippen LogP contribution is 2.54. The molecule has 0 aliphatic heterocycles. The summed E-state index contributed by atoms with van der Waals surface area (Å²) in [6.07, 6.45) is 0. The summed E-state index contributed by atoms with van der Waals surface area (Å²) in [5.41, 5.74) is 20.2. The van der Waals surface area contributed by atoms with Crippen LogP contribution in [-0.2, 0) is 0 Å². The van der Waals surface area contributed by atoms with Crippen LogP contribution in [0.25, 0.3) is 83.6 Å². The number of hydrogen-bond donors (Lipinski definition) is 1. The Morgan fingerprint density at radius 3 is 1.80 bits per heavy atom. The van der Waals surface area contributed by atoms with E-state index in [4.69, 9.17) is 20.7 Å². The van der Waals surface area contributed by atoms with Gasteiger partial charge in [0.2, 0.25) is 0 Å². The number of nitrogens with two attached hydrogens (primary N) is 1. The van der Waals surface area contributed by atoms with Gasteiger partial charge in [0, 0.05) is 44.5 Å². The van der Waals surface area contributed by atoms with Gasteiger partial charge >= 0.3 is 0 Å². The van der Waals surface area contributed by atoms with Crippen LogP contribution in [0.15, 0.2) is 182 Å². The molecule has 2 N–H and O–H groups in total. The zero-order valence-corrected chi connectivity index (χ0v) is 29.8. The first-order valence-corrected chi connectivity index (χ1v) is 18.6. The van der Waals surface area contributed by atoms with Crippen LogP contribution in [0, 0.1) is 0 Å². The average Bonchev–Trinajstić information content (AvgIpc) is 3.77. The van der Waals surface area contributed by atoms with Crippen molar-refractivity contribution in [1.29, 1.82) is 0 Å². The Morgan fingerprint density at radius 2 is 1.05 bits per heavy atom. The molecule has 2 heterocycles. The van der Waals surface area contributed by atoms with E-state index < -0.39 is 0 Å². The molecule has 1 aliphatic rings. The molecule has 0 bridgehead atoms. The van der Waals surface area contributed by atoms with Gasteiger partial charge in [-0.2, -0.15) is 0 Å². The van der Waals surface area contributed by atoms with Gasteiger partial charge in [0.25, 0.3) is 0 Å². The molecule has 55 heavy (non-hydrogen) atoms. The van der Waals surface area contributed by atoms with Crippen molar-refractivity contribution >= 4 is 38.3 Å². The fraction of sp³-hybridized carbons (Fsp3) is 0.0200. The van der Waals surface area contributed by atoms with E-state index in [1.165, 1.54) is 60.5 Å². The second-order valence-electron chi connectivity index (χ2n) is 14.2. The van der Waals surface area contributed by atoms with E-state index in [0.717, 1.165) is 22.3 Å². The molecule has 0 fully saturated rings. The van der Waals surface area contributed by atoms with Crippen molar-refractivity contribution in [2.24, 2.45) is 0 Å². The molecule has 0 spiro atoms. The third-order valence-corrected chi connectivity index (χ3v) is 11.1. The number of anilines is 1. The van der Waals surface area contributed by atoms with Crippen LogP contribution >= 0.6 is 0 Å².